The minimum Gasteiger partial charge on any atom is -0.502 e. The van der Waals surface area contributed by atoms with Crippen LogP contribution in [0.2, 0.25) is 0 Å². The van der Waals surface area contributed by atoms with E-state index in [0.717, 1.165) is 16.7 Å². The fourth-order valence-electron chi connectivity index (χ4n) is 3.78. The van der Waals surface area contributed by atoms with E-state index in [-0.39, 0.29) is 11.4 Å². The second kappa shape index (κ2) is 8.24. The van der Waals surface area contributed by atoms with Crippen LogP contribution in [0, 0.1) is 19.7 Å². The zero-order valence-electron chi connectivity index (χ0n) is 17.6. The molecule has 1 heterocycles. The van der Waals surface area contributed by atoms with Gasteiger partial charge in [-0.25, -0.2) is 12.8 Å². The molecule has 7 heteroatoms. The minimum atomic E-state index is -4.20. The summed E-state index contributed by atoms with van der Waals surface area (Å²) < 4.78 is 40.6. The highest BCUT2D eigenvalue weighted by Gasteiger charge is 2.46. The number of halogens is 1. The summed E-state index contributed by atoms with van der Waals surface area (Å²) in [5.74, 6) is -2.09. The maximum Gasteiger partial charge on any atom is 0.290 e. The molecule has 5 nitrogen and oxygen atoms in total. The highest BCUT2D eigenvalue weighted by atomic mass is 32.2. The molecule has 1 aliphatic rings. The lowest BCUT2D eigenvalue weighted by molar-refractivity contribution is -0.130. The summed E-state index contributed by atoms with van der Waals surface area (Å²) in [6.45, 7) is 3.85. The van der Waals surface area contributed by atoms with E-state index >= 15 is 0 Å². The molecule has 0 saturated carbocycles. The molecule has 0 bridgehead atoms. The molecule has 0 fully saturated rings. The van der Waals surface area contributed by atoms with Gasteiger partial charge in [-0.15, -0.1) is 0 Å². The van der Waals surface area contributed by atoms with Gasteiger partial charge in [-0.1, -0.05) is 59.7 Å². The van der Waals surface area contributed by atoms with Crippen LogP contribution in [-0.4, -0.2) is 24.3 Å². The predicted molar refractivity (Wildman–Crippen MR) is 119 cm³/mol. The molecule has 0 aromatic heterocycles. The molecule has 1 aliphatic heterocycles. The third-order valence-electron chi connectivity index (χ3n) is 5.54. The van der Waals surface area contributed by atoms with Gasteiger partial charge in [0, 0.05) is 6.54 Å². The van der Waals surface area contributed by atoms with Crippen LogP contribution in [0.3, 0.4) is 0 Å². The van der Waals surface area contributed by atoms with Crippen LogP contribution in [0.15, 0.2) is 88.4 Å². The van der Waals surface area contributed by atoms with Crippen molar-refractivity contribution in [2.45, 2.75) is 31.3 Å². The lowest BCUT2D eigenvalue weighted by Gasteiger charge is -2.27. The first kappa shape index (κ1) is 21.8. The van der Waals surface area contributed by atoms with Crippen molar-refractivity contribution in [3.05, 3.63) is 112 Å². The molecule has 1 amide bonds. The molecule has 1 unspecified atom stereocenters. The van der Waals surface area contributed by atoms with E-state index < -0.39 is 38.3 Å². The van der Waals surface area contributed by atoms with Crippen molar-refractivity contribution in [3.63, 3.8) is 0 Å². The summed E-state index contributed by atoms with van der Waals surface area (Å²) in [4.78, 5) is 13.9. The van der Waals surface area contributed by atoms with E-state index in [2.05, 4.69) is 0 Å². The number of carbonyl (C=O) groups is 1. The van der Waals surface area contributed by atoms with Crippen molar-refractivity contribution in [1.29, 1.82) is 0 Å². The number of nitrogens with zero attached hydrogens (tertiary/aromatic N) is 1. The van der Waals surface area contributed by atoms with Gasteiger partial charge in [0.15, 0.2) is 5.76 Å². The van der Waals surface area contributed by atoms with Crippen LogP contribution < -0.4 is 0 Å². The van der Waals surface area contributed by atoms with Crippen LogP contribution in [0.25, 0.3) is 0 Å². The molecule has 0 radical (unpaired) electrons. The maximum atomic E-state index is 13.6. The molecule has 1 atom stereocenters. The van der Waals surface area contributed by atoms with Crippen molar-refractivity contribution in [3.8, 4) is 0 Å². The summed E-state index contributed by atoms with van der Waals surface area (Å²) in [5, 5.41) is 10.7. The first-order valence-corrected chi connectivity index (χ1v) is 11.5. The SMILES string of the molecule is Cc1ccc(CN2C(=O)C(O)=C(S(=O)(=O)c3ccc(C)cc3)C2c2ccc(F)cc2)cc1. The van der Waals surface area contributed by atoms with Crippen molar-refractivity contribution >= 4 is 15.7 Å². The van der Waals surface area contributed by atoms with Gasteiger partial charge < -0.3 is 10.0 Å². The first-order chi connectivity index (χ1) is 15.2. The number of rotatable bonds is 5. The van der Waals surface area contributed by atoms with Gasteiger partial charge >= 0.3 is 0 Å². The van der Waals surface area contributed by atoms with Gasteiger partial charge in [0.1, 0.15) is 10.7 Å². The van der Waals surface area contributed by atoms with Gasteiger partial charge in [-0.3, -0.25) is 4.79 Å². The zero-order valence-corrected chi connectivity index (χ0v) is 18.4. The summed E-state index contributed by atoms with van der Waals surface area (Å²) in [7, 11) is -4.20. The molecule has 0 spiro atoms. The Bertz CT molecular complexity index is 1300. The first-order valence-electron chi connectivity index (χ1n) is 10.1. The zero-order chi connectivity index (χ0) is 23.0. The molecule has 1 N–H and O–H groups in total. The van der Waals surface area contributed by atoms with Crippen LogP contribution >= 0.6 is 0 Å². The number of benzene rings is 3. The number of aliphatic hydroxyl groups excluding tert-OH is 1. The summed E-state index contributed by atoms with van der Waals surface area (Å²) in [5.41, 5.74) is 3.08. The topological polar surface area (TPSA) is 74.7 Å². The quantitative estimate of drug-likeness (QED) is 0.606. The van der Waals surface area contributed by atoms with E-state index in [1.165, 1.54) is 41.3 Å². The largest absolute Gasteiger partial charge is 0.502 e. The average molecular weight is 452 g/mol. The third-order valence-corrected chi connectivity index (χ3v) is 7.43. The van der Waals surface area contributed by atoms with Gasteiger partial charge in [-0.2, -0.15) is 0 Å². The second-order valence-electron chi connectivity index (χ2n) is 7.90. The van der Waals surface area contributed by atoms with Gasteiger partial charge in [0.05, 0.1) is 10.9 Å². The lowest BCUT2D eigenvalue weighted by atomic mass is 10.1. The summed E-state index contributed by atoms with van der Waals surface area (Å²) in [6.07, 6.45) is 0. The number of aliphatic hydroxyl groups is 1. The second-order valence-corrected chi connectivity index (χ2v) is 9.82. The molecule has 3 aromatic carbocycles. The van der Waals surface area contributed by atoms with Crippen LogP contribution in [-0.2, 0) is 21.2 Å². The number of hydrogen-bond donors (Lipinski definition) is 1. The van der Waals surface area contributed by atoms with Crippen molar-refractivity contribution in [2.24, 2.45) is 0 Å². The number of sulfone groups is 1. The Morgan fingerprint density at radius 3 is 1.97 bits per heavy atom. The van der Waals surface area contributed by atoms with Crippen LogP contribution in [0.4, 0.5) is 4.39 Å². The Labute approximate surface area is 186 Å². The monoisotopic (exact) mass is 451 g/mol. The Kier molecular flexibility index (Phi) is 5.60. The average Bonchev–Trinajstić information content (AvgIpc) is 3.01. The Morgan fingerprint density at radius 1 is 0.875 bits per heavy atom. The van der Waals surface area contributed by atoms with E-state index in [1.807, 2.05) is 38.1 Å². The molecule has 32 heavy (non-hydrogen) atoms. The van der Waals surface area contributed by atoms with Crippen molar-refractivity contribution < 1.29 is 22.7 Å². The summed E-state index contributed by atoms with van der Waals surface area (Å²) in [6, 6.07) is 17.8. The van der Waals surface area contributed by atoms with Crippen LogP contribution in [0.1, 0.15) is 28.3 Å². The van der Waals surface area contributed by atoms with E-state index in [9.17, 15) is 22.7 Å². The Hall–Kier alpha value is -3.45. The summed E-state index contributed by atoms with van der Waals surface area (Å²) >= 11 is 0. The molecule has 164 valence electrons. The molecule has 0 aliphatic carbocycles. The lowest BCUT2D eigenvalue weighted by Crippen LogP contribution is -2.30. The fourth-order valence-corrected chi connectivity index (χ4v) is 5.43. The van der Waals surface area contributed by atoms with E-state index in [4.69, 9.17) is 0 Å². The van der Waals surface area contributed by atoms with E-state index in [0.29, 0.717) is 5.56 Å². The number of aryl methyl sites for hydroxylation is 2. The Morgan fingerprint density at radius 2 is 1.41 bits per heavy atom. The van der Waals surface area contributed by atoms with Crippen molar-refractivity contribution in [1.82, 2.24) is 4.90 Å². The highest BCUT2D eigenvalue weighted by Crippen LogP contribution is 2.43. The molecular weight excluding hydrogens is 429 g/mol. The molecule has 4 rings (SSSR count). The van der Waals surface area contributed by atoms with Crippen LogP contribution in [0.5, 0.6) is 0 Å². The molecule has 3 aromatic rings. The van der Waals surface area contributed by atoms with E-state index in [1.54, 1.807) is 12.1 Å². The minimum absolute atomic E-state index is 0.0262. The predicted octanol–water partition coefficient (Wildman–Crippen LogP) is 4.77. The number of carbonyl (C=O) groups excluding carboxylic acids is 1. The number of hydrogen-bond acceptors (Lipinski definition) is 4. The highest BCUT2D eigenvalue weighted by molar-refractivity contribution is 7.95. The van der Waals surface area contributed by atoms with Gasteiger partial charge in [0.2, 0.25) is 9.84 Å². The van der Waals surface area contributed by atoms with Gasteiger partial charge in [0.25, 0.3) is 5.91 Å². The smallest absolute Gasteiger partial charge is 0.290 e. The number of amides is 1. The van der Waals surface area contributed by atoms with Crippen molar-refractivity contribution in [2.75, 3.05) is 0 Å². The maximum absolute atomic E-state index is 13.6. The third kappa shape index (κ3) is 3.91. The molecule has 0 saturated heterocycles. The fraction of sp³-hybridized carbons (Fsp3) is 0.160. The normalized spacial score (nSPS) is 16.7. The van der Waals surface area contributed by atoms with Gasteiger partial charge in [-0.05, 0) is 49.2 Å². The Balaban J connectivity index is 1.84. The molecular formula is C25H22FNO4S. The standard InChI is InChI=1S/C25H22FNO4S/c1-16-3-7-18(8-4-16)15-27-22(19-9-11-20(26)12-10-19)24(23(28)25(27)29)32(30,31)21-13-5-17(2)6-14-21/h3-14,22,28H,15H2,1-2H3.